The number of nitro benzene ring substituents is 1. The number of nitrogens with one attached hydrogen (secondary N) is 1. The highest BCUT2D eigenvalue weighted by molar-refractivity contribution is 7.13. The van der Waals surface area contributed by atoms with Crippen molar-refractivity contribution in [2.24, 2.45) is 0 Å². The second-order valence-corrected chi connectivity index (χ2v) is 5.53. The molecule has 0 unspecified atom stereocenters. The number of hydrogen-bond acceptors (Lipinski definition) is 6. The van der Waals surface area contributed by atoms with Gasteiger partial charge in [0.15, 0.2) is 0 Å². The maximum atomic E-state index is 12.2. The Labute approximate surface area is 131 Å². The number of likely N-dealkylation sites (N-methyl/N-ethyl adjacent to an activating group) is 2. The van der Waals surface area contributed by atoms with E-state index in [2.05, 4.69) is 10.3 Å². The highest BCUT2D eigenvalue weighted by atomic mass is 32.1. The zero-order chi connectivity index (χ0) is 16.1. The number of nitro groups is 1. The van der Waals surface area contributed by atoms with Crippen LogP contribution in [-0.2, 0) is 0 Å². The molecule has 0 spiro atoms. The number of rotatable bonds is 6. The van der Waals surface area contributed by atoms with Gasteiger partial charge in [0.1, 0.15) is 10.7 Å². The lowest BCUT2D eigenvalue weighted by Crippen LogP contribution is -2.32. The van der Waals surface area contributed by atoms with E-state index >= 15 is 0 Å². The maximum absolute atomic E-state index is 12.2. The molecule has 0 saturated heterocycles. The van der Waals surface area contributed by atoms with Crippen molar-refractivity contribution in [3.8, 4) is 10.6 Å². The second-order valence-electron chi connectivity index (χ2n) is 4.68. The van der Waals surface area contributed by atoms with Crippen LogP contribution in [0, 0.1) is 10.1 Å². The van der Waals surface area contributed by atoms with Crippen LogP contribution in [-0.4, -0.2) is 47.9 Å². The fraction of sp³-hybridized carbons (Fsp3) is 0.286. The van der Waals surface area contributed by atoms with Crippen molar-refractivity contribution in [3.05, 3.63) is 45.5 Å². The van der Waals surface area contributed by atoms with E-state index in [1.54, 1.807) is 29.5 Å². The second kappa shape index (κ2) is 7.10. The van der Waals surface area contributed by atoms with Crippen LogP contribution in [0.4, 0.5) is 5.69 Å². The molecule has 0 saturated carbocycles. The molecule has 0 aliphatic rings. The molecule has 0 aliphatic heterocycles. The normalized spacial score (nSPS) is 10.5. The molecule has 116 valence electrons. The number of carbonyl (C=O) groups is 1. The van der Waals surface area contributed by atoms with Gasteiger partial charge in [-0.3, -0.25) is 14.9 Å². The van der Waals surface area contributed by atoms with E-state index in [-0.39, 0.29) is 11.6 Å². The van der Waals surface area contributed by atoms with Crippen molar-refractivity contribution in [2.75, 3.05) is 27.2 Å². The topological polar surface area (TPSA) is 88.4 Å². The minimum atomic E-state index is -0.450. The molecule has 1 amide bonds. The molecular formula is C14H16N4O3S. The average molecular weight is 320 g/mol. The maximum Gasteiger partial charge on any atom is 0.273 e. The standard InChI is InChI=1S/C14H16N4O3S/c1-15-6-7-17(2)14(19)12-9-22-13(16-12)10-4-3-5-11(8-10)18(20)21/h3-5,8-9,15H,6-7H2,1-2H3. The van der Waals surface area contributed by atoms with Crippen molar-refractivity contribution in [2.45, 2.75) is 0 Å². The number of aromatic nitrogens is 1. The van der Waals surface area contributed by atoms with Gasteiger partial charge in [-0.2, -0.15) is 0 Å². The number of hydrogen-bond donors (Lipinski definition) is 1. The summed E-state index contributed by atoms with van der Waals surface area (Å²) in [7, 11) is 3.54. The molecule has 8 heteroatoms. The van der Waals surface area contributed by atoms with Crippen molar-refractivity contribution in [1.29, 1.82) is 0 Å². The lowest BCUT2D eigenvalue weighted by atomic mass is 10.2. The van der Waals surface area contributed by atoms with Gasteiger partial charge in [-0.1, -0.05) is 12.1 Å². The van der Waals surface area contributed by atoms with E-state index < -0.39 is 4.92 Å². The van der Waals surface area contributed by atoms with Gasteiger partial charge in [0.25, 0.3) is 11.6 Å². The molecule has 0 aliphatic carbocycles. The molecular weight excluding hydrogens is 304 g/mol. The van der Waals surface area contributed by atoms with Crippen LogP contribution in [0.1, 0.15) is 10.5 Å². The molecule has 1 aromatic carbocycles. The van der Waals surface area contributed by atoms with Crippen LogP contribution in [0.25, 0.3) is 10.6 Å². The highest BCUT2D eigenvalue weighted by Crippen LogP contribution is 2.27. The van der Waals surface area contributed by atoms with Gasteiger partial charge in [-0.05, 0) is 7.05 Å². The van der Waals surface area contributed by atoms with Crippen molar-refractivity contribution < 1.29 is 9.72 Å². The minimum absolute atomic E-state index is 0.00622. The number of thiazole rings is 1. The van der Waals surface area contributed by atoms with Gasteiger partial charge in [0.2, 0.25) is 0 Å². The molecule has 1 aromatic heterocycles. The Morgan fingerprint density at radius 3 is 2.95 bits per heavy atom. The van der Waals surface area contributed by atoms with E-state index in [1.165, 1.54) is 23.5 Å². The zero-order valence-corrected chi connectivity index (χ0v) is 13.1. The molecule has 22 heavy (non-hydrogen) atoms. The van der Waals surface area contributed by atoms with Crippen molar-refractivity contribution >= 4 is 22.9 Å². The largest absolute Gasteiger partial charge is 0.339 e. The Morgan fingerprint density at radius 1 is 1.50 bits per heavy atom. The van der Waals surface area contributed by atoms with Crippen molar-refractivity contribution in [3.63, 3.8) is 0 Å². The van der Waals surface area contributed by atoms with Gasteiger partial charge in [-0.15, -0.1) is 11.3 Å². The van der Waals surface area contributed by atoms with Gasteiger partial charge in [-0.25, -0.2) is 4.98 Å². The number of amides is 1. The molecule has 2 aromatic rings. The predicted molar refractivity (Wildman–Crippen MR) is 85.1 cm³/mol. The first-order valence-electron chi connectivity index (χ1n) is 6.63. The Bertz CT molecular complexity index is 686. The third-order valence-corrected chi connectivity index (χ3v) is 3.96. The molecule has 1 N–H and O–H groups in total. The van der Waals surface area contributed by atoms with Crippen LogP contribution in [0.15, 0.2) is 29.6 Å². The number of nitrogens with zero attached hydrogens (tertiary/aromatic N) is 3. The summed E-state index contributed by atoms with van der Waals surface area (Å²) in [5, 5.41) is 16.1. The Kier molecular flexibility index (Phi) is 5.18. The summed E-state index contributed by atoms with van der Waals surface area (Å²) in [4.78, 5) is 28.4. The summed E-state index contributed by atoms with van der Waals surface area (Å²) in [5.74, 6) is -0.164. The van der Waals surface area contributed by atoms with Crippen LogP contribution in [0.3, 0.4) is 0 Å². The number of carbonyl (C=O) groups excluding carboxylic acids is 1. The van der Waals surface area contributed by atoms with Crippen molar-refractivity contribution in [1.82, 2.24) is 15.2 Å². The molecule has 0 atom stereocenters. The third-order valence-electron chi connectivity index (χ3n) is 3.07. The quantitative estimate of drug-likeness (QED) is 0.649. The van der Waals surface area contributed by atoms with E-state index in [1.807, 2.05) is 7.05 Å². The highest BCUT2D eigenvalue weighted by Gasteiger charge is 2.16. The van der Waals surface area contributed by atoms with Gasteiger partial charge >= 0.3 is 0 Å². The average Bonchev–Trinajstić information content (AvgIpc) is 3.01. The fourth-order valence-corrected chi connectivity index (χ4v) is 2.62. The summed E-state index contributed by atoms with van der Waals surface area (Å²) in [6.07, 6.45) is 0. The molecule has 0 fully saturated rings. The Morgan fingerprint density at radius 2 is 2.27 bits per heavy atom. The van der Waals surface area contributed by atoms with E-state index in [9.17, 15) is 14.9 Å². The fourth-order valence-electron chi connectivity index (χ4n) is 1.83. The monoisotopic (exact) mass is 320 g/mol. The van der Waals surface area contributed by atoms with Crippen LogP contribution >= 0.6 is 11.3 Å². The molecule has 0 bridgehead atoms. The molecule has 2 rings (SSSR count). The van der Waals surface area contributed by atoms with E-state index in [0.29, 0.717) is 29.4 Å². The lowest BCUT2D eigenvalue weighted by molar-refractivity contribution is -0.384. The molecule has 7 nitrogen and oxygen atoms in total. The Hall–Kier alpha value is -2.32. The van der Waals surface area contributed by atoms with Crippen LogP contribution in [0.5, 0.6) is 0 Å². The first kappa shape index (κ1) is 16.1. The van der Waals surface area contributed by atoms with Crippen LogP contribution < -0.4 is 5.32 Å². The lowest BCUT2D eigenvalue weighted by Gasteiger charge is -2.15. The van der Waals surface area contributed by atoms with Gasteiger partial charge in [0, 0.05) is 43.2 Å². The molecule has 1 heterocycles. The van der Waals surface area contributed by atoms with Gasteiger partial charge < -0.3 is 10.2 Å². The van der Waals surface area contributed by atoms with Crippen LogP contribution in [0.2, 0.25) is 0 Å². The first-order valence-corrected chi connectivity index (χ1v) is 7.51. The number of non-ortho nitro benzene ring substituents is 1. The summed E-state index contributed by atoms with van der Waals surface area (Å²) < 4.78 is 0. The summed E-state index contributed by atoms with van der Waals surface area (Å²) in [6.45, 7) is 1.28. The molecule has 0 radical (unpaired) electrons. The smallest absolute Gasteiger partial charge is 0.273 e. The minimum Gasteiger partial charge on any atom is -0.339 e. The van der Waals surface area contributed by atoms with Gasteiger partial charge in [0.05, 0.1) is 4.92 Å². The predicted octanol–water partition coefficient (Wildman–Crippen LogP) is 2.01. The zero-order valence-electron chi connectivity index (χ0n) is 12.3. The number of benzene rings is 1. The Balaban J connectivity index is 2.19. The van der Waals surface area contributed by atoms with E-state index in [0.717, 1.165) is 0 Å². The SMILES string of the molecule is CNCCN(C)C(=O)c1csc(-c2cccc([N+](=O)[O-])c2)n1. The summed E-state index contributed by atoms with van der Waals surface area (Å²) in [6, 6.07) is 6.23. The first-order chi connectivity index (χ1) is 10.5. The van der Waals surface area contributed by atoms with E-state index in [4.69, 9.17) is 0 Å². The summed E-state index contributed by atoms with van der Waals surface area (Å²) in [5.41, 5.74) is 0.993. The summed E-state index contributed by atoms with van der Waals surface area (Å²) >= 11 is 1.30. The third kappa shape index (κ3) is 3.66.